The van der Waals surface area contributed by atoms with Gasteiger partial charge in [0.15, 0.2) is 0 Å². The van der Waals surface area contributed by atoms with Crippen LogP contribution in [0.4, 0.5) is 5.69 Å². The lowest BCUT2D eigenvalue weighted by Crippen LogP contribution is -2.46. The first-order chi connectivity index (χ1) is 13.0. The Kier molecular flexibility index (Phi) is 4.53. The van der Waals surface area contributed by atoms with Gasteiger partial charge < -0.3 is 15.7 Å². The Morgan fingerprint density at radius 2 is 2.07 bits per heavy atom. The van der Waals surface area contributed by atoms with Crippen molar-refractivity contribution in [3.63, 3.8) is 0 Å². The number of rotatable bonds is 5. The van der Waals surface area contributed by atoms with E-state index in [4.69, 9.17) is 0 Å². The van der Waals surface area contributed by atoms with Gasteiger partial charge in [-0.15, -0.1) is 0 Å². The lowest BCUT2D eigenvalue weighted by atomic mass is 9.89. The first-order valence-corrected chi connectivity index (χ1v) is 9.18. The fourth-order valence-electron chi connectivity index (χ4n) is 3.37. The van der Waals surface area contributed by atoms with Gasteiger partial charge in [-0.05, 0) is 44.4 Å². The third-order valence-corrected chi connectivity index (χ3v) is 4.83. The van der Waals surface area contributed by atoms with Gasteiger partial charge in [0.1, 0.15) is 0 Å². The number of carbonyl (C=O) groups excluding carboxylic acids is 1. The molecule has 7 heteroatoms. The molecule has 7 nitrogen and oxygen atoms in total. The summed E-state index contributed by atoms with van der Waals surface area (Å²) in [5, 5.41) is 23.6. The van der Waals surface area contributed by atoms with E-state index in [9.17, 15) is 9.90 Å². The molecule has 1 amide bonds. The fourth-order valence-corrected chi connectivity index (χ4v) is 3.37. The zero-order chi connectivity index (χ0) is 19.0. The van der Waals surface area contributed by atoms with Crippen molar-refractivity contribution in [3.8, 4) is 11.1 Å². The van der Waals surface area contributed by atoms with Crippen LogP contribution in [0.5, 0.6) is 0 Å². The summed E-state index contributed by atoms with van der Waals surface area (Å²) in [5.41, 5.74) is 4.09. The smallest absolute Gasteiger partial charge is 0.255 e. The molecule has 3 aromatic rings. The van der Waals surface area contributed by atoms with Crippen molar-refractivity contribution in [1.82, 2.24) is 20.5 Å². The third-order valence-electron chi connectivity index (χ3n) is 4.83. The van der Waals surface area contributed by atoms with Gasteiger partial charge in [0.2, 0.25) is 0 Å². The number of carbonyl (C=O) groups is 1. The molecule has 2 heterocycles. The van der Waals surface area contributed by atoms with E-state index in [1.807, 2.05) is 38.2 Å². The maximum Gasteiger partial charge on any atom is 0.255 e. The van der Waals surface area contributed by atoms with E-state index < -0.39 is 0 Å². The molecule has 0 aliphatic heterocycles. The van der Waals surface area contributed by atoms with Crippen molar-refractivity contribution in [3.05, 3.63) is 42.4 Å². The monoisotopic (exact) mass is 365 g/mol. The van der Waals surface area contributed by atoms with Crippen LogP contribution in [0.3, 0.4) is 0 Å². The molecule has 27 heavy (non-hydrogen) atoms. The van der Waals surface area contributed by atoms with Gasteiger partial charge >= 0.3 is 0 Å². The van der Waals surface area contributed by atoms with Gasteiger partial charge in [-0.3, -0.25) is 14.9 Å². The molecule has 1 aliphatic carbocycles. The Morgan fingerprint density at radius 3 is 2.74 bits per heavy atom. The highest BCUT2D eigenvalue weighted by molar-refractivity contribution is 6.08. The topological polar surface area (TPSA) is 103 Å². The number of aromatic amines is 1. The number of pyridine rings is 1. The van der Waals surface area contributed by atoms with Crippen molar-refractivity contribution >= 4 is 22.5 Å². The Hall–Kier alpha value is -2.93. The van der Waals surface area contributed by atoms with Crippen molar-refractivity contribution in [2.75, 3.05) is 5.32 Å². The molecule has 0 saturated heterocycles. The van der Waals surface area contributed by atoms with E-state index in [0.717, 1.165) is 27.7 Å². The van der Waals surface area contributed by atoms with Crippen LogP contribution in [0.2, 0.25) is 0 Å². The second-order valence-corrected chi connectivity index (χ2v) is 7.36. The zero-order valence-corrected chi connectivity index (χ0v) is 15.4. The molecule has 1 aromatic carbocycles. The maximum absolute atomic E-state index is 12.8. The molecule has 1 fully saturated rings. The molecule has 0 bridgehead atoms. The van der Waals surface area contributed by atoms with Crippen molar-refractivity contribution < 1.29 is 9.90 Å². The number of benzene rings is 1. The summed E-state index contributed by atoms with van der Waals surface area (Å²) >= 11 is 0. The first-order valence-electron chi connectivity index (χ1n) is 9.18. The minimum atomic E-state index is -0.309. The summed E-state index contributed by atoms with van der Waals surface area (Å²) < 4.78 is 0. The minimum absolute atomic E-state index is 0.0207. The van der Waals surface area contributed by atoms with E-state index in [2.05, 4.69) is 25.8 Å². The number of aliphatic hydroxyl groups is 1. The van der Waals surface area contributed by atoms with Crippen LogP contribution in [0.15, 0.2) is 36.8 Å². The summed E-state index contributed by atoms with van der Waals surface area (Å²) in [4.78, 5) is 17.3. The maximum atomic E-state index is 12.8. The van der Waals surface area contributed by atoms with Gasteiger partial charge in [-0.1, -0.05) is 6.07 Å². The average molecular weight is 365 g/mol. The molecule has 1 aliphatic rings. The van der Waals surface area contributed by atoms with Gasteiger partial charge in [-0.2, -0.15) is 5.10 Å². The highest BCUT2D eigenvalue weighted by atomic mass is 16.3. The molecule has 0 spiro atoms. The van der Waals surface area contributed by atoms with Crippen LogP contribution in [0.25, 0.3) is 22.0 Å². The molecule has 0 unspecified atom stereocenters. The summed E-state index contributed by atoms with van der Waals surface area (Å²) in [7, 11) is 0. The summed E-state index contributed by atoms with van der Waals surface area (Å²) in [5.74, 6) is -0.168. The number of aliphatic hydroxyl groups excluding tert-OH is 1. The second kappa shape index (κ2) is 7.00. The Morgan fingerprint density at radius 1 is 1.26 bits per heavy atom. The predicted octanol–water partition coefficient (Wildman–Crippen LogP) is 2.70. The Balaban J connectivity index is 1.76. The predicted molar refractivity (Wildman–Crippen MR) is 105 cm³/mol. The molecule has 4 N–H and O–H groups in total. The SMILES string of the molecule is CC(C)Nc1c(C(=O)NC2CC(O)C2)cnc2ccc(-c3cn[nH]c3)cc12. The van der Waals surface area contributed by atoms with Crippen molar-refractivity contribution in [1.29, 1.82) is 0 Å². The second-order valence-electron chi connectivity index (χ2n) is 7.36. The van der Waals surface area contributed by atoms with Crippen LogP contribution in [0, 0.1) is 0 Å². The van der Waals surface area contributed by atoms with Crippen LogP contribution in [-0.4, -0.2) is 44.4 Å². The number of hydrogen-bond acceptors (Lipinski definition) is 5. The van der Waals surface area contributed by atoms with E-state index >= 15 is 0 Å². The zero-order valence-electron chi connectivity index (χ0n) is 15.4. The number of H-pyrrole nitrogens is 1. The minimum Gasteiger partial charge on any atom is -0.393 e. The van der Waals surface area contributed by atoms with Crippen molar-refractivity contribution in [2.45, 2.75) is 44.9 Å². The highest BCUT2D eigenvalue weighted by Crippen LogP contribution is 2.31. The van der Waals surface area contributed by atoms with E-state index in [1.165, 1.54) is 0 Å². The molecule has 4 rings (SSSR count). The molecular weight excluding hydrogens is 342 g/mol. The van der Waals surface area contributed by atoms with Gasteiger partial charge in [0, 0.05) is 35.4 Å². The van der Waals surface area contributed by atoms with Crippen LogP contribution in [0.1, 0.15) is 37.0 Å². The largest absolute Gasteiger partial charge is 0.393 e. The summed E-state index contributed by atoms with van der Waals surface area (Å²) in [6.07, 6.45) is 6.12. The Bertz CT molecular complexity index is 962. The lowest BCUT2D eigenvalue weighted by molar-refractivity contribution is 0.0563. The van der Waals surface area contributed by atoms with Crippen LogP contribution >= 0.6 is 0 Å². The Labute approximate surface area is 157 Å². The quantitative estimate of drug-likeness (QED) is 0.557. The van der Waals surface area contributed by atoms with E-state index in [1.54, 1.807) is 12.4 Å². The van der Waals surface area contributed by atoms with Gasteiger partial charge in [0.05, 0.1) is 29.1 Å². The fraction of sp³-hybridized carbons (Fsp3) is 0.350. The first kappa shape index (κ1) is 17.5. The third kappa shape index (κ3) is 3.50. The number of hydrogen-bond donors (Lipinski definition) is 4. The van der Waals surface area contributed by atoms with E-state index in [0.29, 0.717) is 18.4 Å². The molecule has 0 radical (unpaired) electrons. The standard InChI is InChI=1S/C20H23N5O2/c1-11(2)24-19-16-5-12(13-8-22-23-9-13)3-4-18(16)21-10-17(19)20(27)25-14-6-15(26)7-14/h3-5,8-11,14-15,26H,6-7H2,1-2H3,(H,21,24)(H,22,23)(H,25,27). The molecule has 140 valence electrons. The average Bonchev–Trinajstić information content (AvgIpc) is 3.14. The number of nitrogens with one attached hydrogen (secondary N) is 3. The number of amides is 1. The van der Waals surface area contributed by atoms with Crippen LogP contribution in [-0.2, 0) is 0 Å². The molecule has 0 atom stereocenters. The van der Waals surface area contributed by atoms with Crippen LogP contribution < -0.4 is 10.6 Å². The number of nitrogens with zero attached hydrogens (tertiary/aromatic N) is 2. The van der Waals surface area contributed by atoms with Gasteiger partial charge in [0.25, 0.3) is 5.91 Å². The summed E-state index contributed by atoms with van der Waals surface area (Å²) in [6, 6.07) is 6.15. The molecular formula is C20H23N5O2. The van der Waals surface area contributed by atoms with Crippen molar-refractivity contribution in [2.24, 2.45) is 0 Å². The molecule has 2 aromatic heterocycles. The highest BCUT2D eigenvalue weighted by Gasteiger charge is 2.29. The number of aromatic nitrogens is 3. The van der Waals surface area contributed by atoms with Gasteiger partial charge in [-0.25, -0.2) is 0 Å². The normalized spacial score (nSPS) is 19.1. The molecule has 1 saturated carbocycles. The van der Waals surface area contributed by atoms with E-state index in [-0.39, 0.29) is 24.1 Å². The lowest BCUT2D eigenvalue weighted by Gasteiger charge is -2.32. The number of anilines is 1. The summed E-state index contributed by atoms with van der Waals surface area (Å²) in [6.45, 7) is 4.08. The number of fused-ring (bicyclic) bond motifs is 1.